The van der Waals surface area contributed by atoms with Gasteiger partial charge in [-0.3, -0.25) is 9.29 Å². The van der Waals surface area contributed by atoms with E-state index in [1.165, 1.54) is 10.5 Å². The molecule has 5 nitrogen and oxygen atoms in total. The molecule has 0 spiro atoms. The fourth-order valence-electron chi connectivity index (χ4n) is 2.88. The van der Waals surface area contributed by atoms with Gasteiger partial charge in [-0.1, -0.05) is 18.2 Å². The first-order valence-electron chi connectivity index (χ1n) is 7.98. The third kappa shape index (κ3) is 3.73. The van der Waals surface area contributed by atoms with Crippen LogP contribution in [-0.2, 0) is 10.0 Å². The van der Waals surface area contributed by atoms with Gasteiger partial charge < -0.3 is 4.90 Å². The summed E-state index contributed by atoms with van der Waals surface area (Å²) in [5.41, 5.74) is 0.570. The van der Waals surface area contributed by atoms with Gasteiger partial charge in [-0.05, 0) is 44.1 Å². The van der Waals surface area contributed by atoms with Crippen molar-refractivity contribution < 1.29 is 12.8 Å². The van der Waals surface area contributed by atoms with Crippen LogP contribution in [0.4, 0.5) is 10.1 Å². The molecular formula is C17H20FN3O2S. The average molecular weight is 349 g/mol. The van der Waals surface area contributed by atoms with Gasteiger partial charge in [0.05, 0.1) is 11.9 Å². The summed E-state index contributed by atoms with van der Waals surface area (Å²) in [7, 11) is -3.86. The molecule has 128 valence electrons. The number of benzene rings is 1. The lowest BCUT2D eigenvalue weighted by Gasteiger charge is -2.26. The average Bonchev–Trinajstić information content (AvgIpc) is 3.09. The smallest absolute Gasteiger partial charge is 0.266 e. The molecule has 0 atom stereocenters. The Morgan fingerprint density at radius 1 is 1.12 bits per heavy atom. The van der Waals surface area contributed by atoms with E-state index in [4.69, 9.17) is 0 Å². The van der Waals surface area contributed by atoms with Crippen molar-refractivity contribution >= 4 is 15.7 Å². The summed E-state index contributed by atoms with van der Waals surface area (Å²) in [5, 5.41) is 0. The number of anilines is 1. The zero-order valence-corrected chi connectivity index (χ0v) is 14.1. The summed E-state index contributed by atoms with van der Waals surface area (Å²) in [6.45, 7) is 2.95. The molecule has 0 unspecified atom stereocenters. The number of likely N-dealkylation sites (tertiary alicyclic amines) is 1. The van der Waals surface area contributed by atoms with E-state index in [9.17, 15) is 12.8 Å². The Balaban J connectivity index is 1.90. The minimum absolute atomic E-state index is 0.132. The van der Waals surface area contributed by atoms with Crippen LogP contribution in [0.5, 0.6) is 0 Å². The molecule has 1 aromatic carbocycles. The third-order valence-corrected chi connectivity index (χ3v) is 5.92. The highest BCUT2D eigenvalue weighted by Crippen LogP contribution is 2.23. The molecule has 0 amide bonds. The van der Waals surface area contributed by atoms with Crippen molar-refractivity contribution in [3.05, 3.63) is 54.6 Å². The Kier molecular flexibility index (Phi) is 5.11. The highest BCUT2D eigenvalue weighted by atomic mass is 32.2. The molecule has 2 aromatic rings. The molecule has 24 heavy (non-hydrogen) atoms. The number of para-hydroxylation sites is 1. The molecule has 3 rings (SSSR count). The highest BCUT2D eigenvalue weighted by Gasteiger charge is 2.26. The predicted molar refractivity (Wildman–Crippen MR) is 90.8 cm³/mol. The maximum absolute atomic E-state index is 13.4. The number of aromatic nitrogens is 1. The monoisotopic (exact) mass is 349 g/mol. The molecule has 1 fully saturated rings. The van der Waals surface area contributed by atoms with Crippen LogP contribution in [0, 0.1) is 5.82 Å². The van der Waals surface area contributed by atoms with Crippen LogP contribution in [0.1, 0.15) is 12.8 Å². The van der Waals surface area contributed by atoms with Gasteiger partial charge in [0, 0.05) is 19.3 Å². The largest absolute Gasteiger partial charge is 0.302 e. The van der Waals surface area contributed by atoms with Gasteiger partial charge >= 0.3 is 0 Å². The second-order valence-corrected chi connectivity index (χ2v) is 7.66. The Bertz CT molecular complexity index is 777. The van der Waals surface area contributed by atoms with Crippen LogP contribution in [-0.4, -0.2) is 44.5 Å². The van der Waals surface area contributed by atoms with E-state index in [1.807, 2.05) is 6.07 Å². The van der Waals surface area contributed by atoms with Crippen molar-refractivity contribution in [1.82, 2.24) is 9.88 Å². The summed E-state index contributed by atoms with van der Waals surface area (Å²) in [6.07, 6.45) is 4.47. The summed E-state index contributed by atoms with van der Waals surface area (Å²) in [6, 6.07) is 9.91. The lowest BCUT2D eigenvalue weighted by atomic mass is 10.3. The number of nitrogens with zero attached hydrogens (tertiary/aromatic N) is 3. The number of hydrogen-bond acceptors (Lipinski definition) is 4. The van der Waals surface area contributed by atoms with Crippen LogP contribution in [0.15, 0.2) is 53.7 Å². The molecular weight excluding hydrogens is 329 g/mol. The number of sulfonamides is 1. The fraction of sp³-hybridized carbons (Fsp3) is 0.353. The molecule has 0 bridgehead atoms. The Labute approximate surface area is 141 Å². The Morgan fingerprint density at radius 3 is 2.50 bits per heavy atom. The second kappa shape index (κ2) is 7.27. The van der Waals surface area contributed by atoms with E-state index < -0.39 is 15.8 Å². The van der Waals surface area contributed by atoms with Gasteiger partial charge in [0.25, 0.3) is 10.0 Å². The summed E-state index contributed by atoms with van der Waals surface area (Å²) in [4.78, 5) is 5.79. The van der Waals surface area contributed by atoms with E-state index in [0.29, 0.717) is 18.8 Å². The summed E-state index contributed by atoms with van der Waals surface area (Å²) in [5.74, 6) is -0.663. The number of hydrogen-bond donors (Lipinski definition) is 0. The normalized spacial score (nSPS) is 15.5. The zero-order valence-electron chi connectivity index (χ0n) is 13.3. The quantitative estimate of drug-likeness (QED) is 0.804. The van der Waals surface area contributed by atoms with Crippen molar-refractivity contribution in [2.24, 2.45) is 0 Å². The topological polar surface area (TPSA) is 53.5 Å². The lowest BCUT2D eigenvalue weighted by Crippen LogP contribution is -2.38. The summed E-state index contributed by atoms with van der Waals surface area (Å²) >= 11 is 0. The maximum Gasteiger partial charge on any atom is 0.266 e. The van der Waals surface area contributed by atoms with Gasteiger partial charge in [0.2, 0.25) is 0 Å². The molecule has 7 heteroatoms. The van der Waals surface area contributed by atoms with Crippen molar-refractivity contribution in [2.45, 2.75) is 17.7 Å². The first-order chi connectivity index (χ1) is 11.6. The number of halogens is 1. The predicted octanol–water partition coefficient (Wildman–Crippen LogP) is 2.51. The minimum atomic E-state index is -3.86. The fourth-order valence-corrected chi connectivity index (χ4v) is 4.31. The van der Waals surface area contributed by atoms with E-state index in [1.54, 1.807) is 24.3 Å². The molecule has 2 heterocycles. The van der Waals surface area contributed by atoms with Crippen LogP contribution in [0.3, 0.4) is 0 Å². The Morgan fingerprint density at radius 2 is 1.83 bits per heavy atom. The minimum Gasteiger partial charge on any atom is -0.302 e. The molecule has 1 aliphatic heterocycles. The second-order valence-electron chi connectivity index (χ2n) is 5.80. The summed E-state index contributed by atoms with van der Waals surface area (Å²) < 4.78 is 40.8. The van der Waals surface area contributed by atoms with Gasteiger partial charge in [-0.25, -0.2) is 12.8 Å². The maximum atomic E-state index is 13.4. The lowest BCUT2D eigenvalue weighted by molar-refractivity contribution is 0.349. The first kappa shape index (κ1) is 16.9. The SMILES string of the molecule is O=S(=O)(c1cncc(F)c1)N(CCN1CCCC1)c1ccccc1. The van der Waals surface area contributed by atoms with E-state index in [2.05, 4.69) is 9.88 Å². The van der Waals surface area contributed by atoms with Crippen molar-refractivity contribution in [3.63, 3.8) is 0 Å². The van der Waals surface area contributed by atoms with Gasteiger partial charge in [-0.15, -0.1) is 0 Å². The van der Waals surface area contributed by atoms with Crippen molar-refractivity contribution in [1.29, 1.82) is 0 Å². The van der Waals surface area contributed by atoms with Crippen LogP contribution in [0.25, 0.3) is 0 Å². The van der Waals surface area contributed by atoms with Crippen molar-refractivity contribution in [2.75, 3.05) is 30.5 Å². The highest BCUT2D eigenvalue weighted by molar-refractivity contribution is 7.92. The molecule has 0 N–H and O–H groups in total. The molecule has 0 radical (unpaired) electrons. The third-order valence-electron chi connectivity index (χ3n) is 4.13. The van der Waals surface area contributed by atoms with Crippen LogP contribution < -0.4 is 4.31 Å². The van der Waals surface area contributed by atoms with E-state index in [0.717, 1.165) is 38.2 Å². The molecule has 0 saturated carbocycles. The van der Waals surface area contributed by atoms with Gasteiger partial charge in [0.1, 0.15) is 10.7 Å². The molecule has 1 aromatic heterocycles. The molecule has 1 aliphatic rings. The number of rotatable bonds is 6. The molecule has 0 aliphatic carbocycles. The Hall–Kier alpha value is -1.99. The van der Waals surface area contributed by atoms with Crippen molar-refractivity contribution in [3.8, 4) is 0 Å². The molecule has 1 saturated heterocycles. The van der Waals surface area contributed by atoms with Crippen LogP contribution >= 0.6 is 0 Å². The van der Waals surface area contributed by atoms with Gasteiger partial charge in [-0.2, -0.15) is 0 Å². The van der Waals surface area contributed by atoms with E-state index >= 15 is 0 Å². The van der Waals surface area contributed by atoms with Gasteiger partial charge in [0.15, 0.2) is 0 Å². The van der Waals surface area contributed by atoms with Crippen LogP contribution in [0.2, 0.25) is 0 Å². The number of pyridine rings is 1. The standard InChI is InChI=1S/C17H20FN3O2S/c18-15-12-17(14-19-13-15)24(22,23)21(16-6-2-1-3-7-16)11-10-20-8-4-5-9-20/h1-3,6-7,12-14H,4-5,8-11H2. The zero-order chi connectivity index (χ0) is 17.0. The van der Waals surface area contributed by atoms with E-state index in [-0.39, 0.29) is 4.90 Å². The first-order valence-corrected chi connectivity index (χ1v) is 9.42.